The number of hydrogen-bond acceptors (Lipinski definition) is 3. The molecule has 3 nitrogen and oxygen atoms in total. The van der Waals surface area contributed by atoms with E-state index in [9.17, 15) is 4.79 Å². The zero-order valence-corrected chi connectivity index (χ0v) is 14.2. The van der Waals surface area contributed by atoms with Crippen molar-refractivity contribution in [3.8, 4) is 0 Å². The van der Waals surface area contributed by atoms with E-state index in [0.29, 0.717) is 12.3 Å². The van der Waals surface area contributed by atoms with Crippen molar-refractivity contribution in [3.05, 3.63) is 29.3 Å². The number of anilines is 1. The van der Waals surface area contributed by atoms with E-state index in [1.54, 1.807) is 0 Å². The minimum absolute atomic E-state index is 0.324. The fourth-order valence-electron chi connectivity index (χ4n) is 2.80. The van der Waals surface area contributed by atoms with Gasteiger partial charge >= 0.3 is 0 Å². The Balaban J connectivity index is 1.88. The van der Waals surface area contributed by atoms with E-state index >= 15 is 0 Å². The molecule has 21 heavy (non-hydrogen) atoms. The zero-order valence-electron chi connectivity index (χ0n) is 13.4. The van der Waals surface area contributed by atoms with Crippen LogP contribution >= 0.6 is 11.8 Å². The maximum Gasteiger partial charge on any atom is 0.222 e. The Morgan fingerprint density at radius 3 is 2.57 bits per heavy atom. The molecule has 1 aliphatic heterocycles. The lowest BCUT2D eigenvalue weighted by Gasteiger charge is -2.37. The van der Waals surface area contributed by atoms with Gasteiger partial charge in [-0.25, -0.2) is 0 Å². The van der Waals surface area contributed by atoms with Crippen LogP contribution < -0.4 is 4.90 Å². The Kier molecular flexibility index (Phi) is 5.97. The third-order valence-electron chi connectivity index (χ3n) is 4.29. The summed E-state index contributed by atoms with van der Waals surface area (Å²) in [5.41, 5.74) is 4.02. The highest BCUT2D eigenvalue weighted by atomic mass is 32.2. The van der Waals surface area contributed by atoms with Gasteiger partial charge in [0, 0.05) is 38.3 Å². The van der Waals surface area contributed by atoms with Crippen molar-refractivity contribution in [1.82, 2.24) is 4.90 Å². The molecule has 0 spiro atoms. The Morgan fingerprint density at radius 2 is 1.90 bits per heavy atom. The lowest BCUT2D eigenvalue weighted by atomic mass is 10.1. The smallest absolute Gasteiger partial charge is 0.222 e. The zero-order chi connectivity index (χ0) is 15.2. The molecule has 1 aromatic carbocycles. The molecule has 1 aliphatic rings. The Labute approximate surface area is 132 Å². The number of carbonyl (C=O) groups is 1. The van der Waals surface area contributed by atoms with Gasteiger partial charge in [-0.05, 0) is 49.5 Å². The normalized spacial score (nSPS) is 15.4. The summed E-state index contributed by atoms with van der Waals surface area (Å²) in [7, 11) is 0. The van der Waals surface area contributed by atoms with Crippen LogP contribution in [0.4, 0.5) is 5.69 Å². The number of nitrogens with zero attached hydrogens (tertiary/aromatic N) is 2. The molecule has 1 saturated heterocycles. The first-order valence-corrected chi connectivity index (χ1v) is 9.10. The molecule has 0 saturated carbocycles. The van der Waals surface area contributed by atoms with Crippen molar-refractivity contribution in [3.63, 3.8) is 0 Å². The second-order valence-electron chi connectivity index (χ2n) is 5.68. The number of benzene rings is 1. The number of hydrogen-bond donors (Lipinski definition) is 0. The van der Waals surface area contributed by atoms with E-state index in [1.165, 1.54) is 16.8 Å². The highest BCUT2D eigenvalue weighted by Crippen LogP contribution is 2.24. The van der Waals surface area contributed by atoms with E-state index in [4.69, 9.17) is 0 Å². The number of carbonyl (C=O) groups excluding carboxylic acids is 1. The van der Waals surface area contributed by atoms with Crippen LogP contribution in [0.15, 0.2) is 18.2 Å². The second-order valence-corrected chi connectivity index (χ2v) is 6.67. The van der Waals surface area contributed by atoms with Gasteiger partial charge in [-0.1, -0.05) is 12.1 Å². The molecule has 0 N–H and O–H groups in total. The van der Waals surface area contributed by atoms with Crippen LogP contribution in [0.1, 0.15) is 24.0 Å². The third-order valence-corrected chi connectivity index (χ3v) is 4.99. The van der Waals surface area contributed by atoms with Gasteiger partial charge in [-0.3, -0.25) is 4.79 Å². The molecule has 116 valence electrons. The second kappa shape index (κ2) is 7.74. The van der Waals surface area contributed by atoms with E-state index in [-0.39, 0.29) is 0 Å². The summed E-state index contributed by atoms with van der Waals surface area (Å²) in [6.45, 7) is 7.93. The quantitative estimate of drug-likeness (QED) is 0.781. The topological polar surface area (TPSA) is 23.6 Å². The Morgan fingerprint density at radius 1 is 1.19 bits per heavy atom. The van der Waals surface area contributed by atoms with Gasteiger partial charge in [0.15, 0.2) is 0 Å². The lowest BCUT2D eigenvalue weighted by Crippen LogP contribution is -2.49. The highest BCUT2D eigenvalue weighted by molar-refractivity contribution is 7.98. The Bertz CT molecular complexity index is 482. The molecule has 1 amide bonds. The van der Waals surface area contributed by atoms with Gasteiger partial charge in [0.25, 0.3) is 0 Å². The molecule has 0 bridgehead atoms. The standard InChI is InChI=1S/C17H26N2OS/c1-14-6-4-7-16(15(14)2)18-9-11-19(12-10-18)17(20)8-5-13-21-3/h4,6-7H,5,8-13H2,1-3H3. The first-order valence-electron chi connectivity index (χ1n) is 7.71. The van der Waals surface area contributed by atoms with Crippen LogP contribution in [0, 0.1) is 13.8 Å². The van der Waals surface area contributed by atoms with Crippen molar-refractivity contribution in [2.24, 2.45) is 0 Å². The summed E-state index contributed by atoms with van der Waals surface area (Å²) in [5.74, 6) is 1.40. The van der Waals surface area contributed by atoms with Gasteiger partial charge in [-0.15, -0.1) is 0 Å². The highest BCUT2D eigenvalue weighted by Gasteiger charge is 2.21. The fraction of sp³-hybridized carbons (Fsp3) is 0.588. The first-order chi connectivity index (χ1) is 10.1. The number of amides is 1. The van der Waals surface area contributed by atoms with Gasteiger partial charge in [-0.2, -0.15) is 11.8 Å². The van der Waals surface area contributed by atoms with E-state index in [2.05, 4.69) is 43.2 Å². The number of thioether (sulfide) groups is 1. The molecule has 0 aliphatic carbocycles. The number of aryl methyl sites for hydroxylation is 1. The van der Waals surface area contributed by atoms with Crippen LogP contribution in [-0.2, 0) is 4.79 Å². The van der Waals surface area contributed by atoms with Crippen LogP contribution in [0.2, 0.25) is 0 Å². The van der Waals surface area contributed by atoms with Crippen LogP contribution in [-0.4, -0.2) is 49.0 Å². The molecule has 4 heteroatoms. The average molecular weight is 306 g/mol. The average Bonchev–Trinajstić information content (AvgIpc) is 2.50. The van der Waals surface area contributed by atoms with E-state index < -0.39 is 0 Å². The van der Waals surface area contributed by atoms with Gasteiger partial charge in [0.2, 0.25) is 5.91 Å². The SMILES string of the molecule is CSCCCC(=O)N1CCN(c2cccc(C)c2C)CC1. The number of piperazine rings is 1. The largest absolute Gasteiger partial charge is 0.368 e. The lowest BCUT2D eigenvalue weighted by molar-refractivity contribution is -0.131. The summed E-state index contributed by atoms with van der Waals surface area (Å²) in [5, 5.41) is 0. The van der Waals surface area contributed by atoms with Crippen molar-refractivity contribution in [2.75, 3.05) is 43.1 Å². The van der Waals surface area contributed by atoms with Crippen LogP contribution in [0.5, 0.6) is 0 Å². The van der Waals surface area contributed by atoms with Crippen molar-refractivity contribution in [1.29, 1.82) is 0 Å². The molecule has 1 heterocycles. The van der Waals surface area contributed by atoms with Crippen molar-refractivity contribution in [2.45, 2.75) is 26.7 Å². The van der Waals surface area contributed by atoms with Crippen LogP contribution in [0.25, 0.3) is 0 Å². The van der Waals surface area contributed by atoms with Gasteiger partial charge < -0.3 is 9.80 Å². The third kappa shape index (κ3) is 4.16. The maximum absolute atomic E-state index is 12.1. The molecule has 0 unspecified atom stereocenters. The molecule has 1 fully saturated rings. The molecule has 0 radical (unpaired) electrons. The van der Waals surface area contributed by atoms with E-state index in [0.717, 1.165) is 38.4 Å². The number of rotatable bonds is 5. The maximum atomic E-state index is 12.1. The summed E-state index contributed by atoms with van der Waals surface area (Å²) in [6.07, 6.45) is 3.79. The molecular weight excluding hydrogens is 280 g/mol. The minimum Gasteiger partial charge on any atom is -0.368 e. The molecular formula is C17H26N2OS. The van der Waals surface area contributed by atoms with Gasteiger partial charge in [0.1, 0.15) is 0 Å². The first kappa shape index (κ1) is 16.2. The van der Waals surface area contributed by atoms with Crippen molar-refractivity contribution >= 4 is 23.4 Å². The monoisotopic (exact) mass is 306 g/mol. The summed E-state index contributed by atoms with van der Waals surface area (Å²) in [4.78, 5) is 16.6. The van der Waals surface area contributed by atoms with E-state index in [1.807, 2.05) is 16.7 Å². The predicted molar refractivity (Wildman–Crippen MR) is 92.3 cm³/mol. The molecule has 2 rings (SSSR count). The fourth-order valence-corrected chi connectivity index (χ4v) is 3.23. The minimum atomic E-state index is 0.324. The summed E-state index contributed by atoms with van der Waals surface area (Å²) >= 11 is 1.81. The van der Waals surface area contributed by atoms with Crippen molar-refractivity contribution < 1.29 is 4.79 Å². The summed E-state index contributed by atoms with van der Waals surface area (Å²) in [6, 6.07) is 6.47. The van der Waals surface area contributed by atoms with Gasteiger partial charge in [0.05, 0.1) is 0 Å². The summed E-state index contributed by atoms with van der Waals surface area (Å²) < 4.78 is 0. The predicted octanol–water partition coefficient (Wildman–Crippen LogP) is 3.10. The molecule has 0 aromatic heterocycles. The van der Waals surface area contributed by atoms with Crippen LogP contribution in [0.3, 0.4) is 0 Å². The molecule has 1 aromatic rings. The molecule has 0 atom stereocenters. The Hall–Kier alpha value is -1.16.